The van der Waals surface area contributed by atoms with E-state index in [4.69, 9.17) is 14.2 Å². The van der Waals surface area contributed by atoms with Crippen molar-refractivity contribution in [2.45, 2.75) is 31.7 Å². The minimum atomic E-state index is -1.05. The third-order valence-electron chi connectivity index (χ3n) is 5.39. The van der Waals surface area contributed by atoms with Gasteiger partial charge < -0.3 is 14.2 Å². The molecule has 1 aliphatic carbocycles. The number of benzene rings is 1. The summed E-state index contributed by atoms with van der Waals surface area (Å²) >= 11 is 4.86. The molecule has 0 aliphatic heterocycles. The molecule has 30 heavy (non-hydrogen) atoms. The Morgan fingerprint density at radius 1 is 1.30 bits per heavy atom. The predicted molar refractivity (Wildman–Crippen MR) is 118 cm³/mol. The van der Waals surface area contributed by atoms with Gasteiger partial charge in [0.1, 0.15) is 16.1 Å². The van der Waals surface area contributed by atoms with E-state index in [0.717, 1.165) is 20.7 Å². The summed E-state index contributed by atoms with van der Waals surface area (Å²) < 4.78 is 18.6. The quantitative estimate of drug-likeness (QED) is 0.466. The zero-order valence-corrected chi connectivity index (χ0v) is 19.3. The van der Waals surface area contributed by atoms with Crippen molar-refractivity contribution >= 4 is 43.5 Å². The van der Waals surface area contributed by atoms with Gasteiger partial charge in [-0.25, -0.2) is 9.36 Å². The largest absolute Gasteiger partial charge is 0.496 e. The molecule has 4 rings (SSSR count). The third-order valence-corrected chi connectivity index (χ3v) is 7.44. The Bertz CT molecular complexity index is 1180. The van der Waals surface area contributed by atoms with Crippen molar-refractivity contribution < 1.29 is 19.0 Å². The van der Waals surface area contributed by atoms with Crippen LogP contribution in [0.25, 0.3) is 10.2 Å². The van der Waals surface area contributed by atoms with Crippen LogP contribution in [0.2, 0.25) is 0 Å². The summed E-state index contributed by atoms with van der Waals surface area (Å²) in [7, 11) is 2.95. The van der Waals surface area contributed by atoms with Gasteiger partial charge in [-0.1, -0.05) is 18.2 Å². The number of hydrogen-bond acceptors (Lipinski definition) is 7. The molecule has 1 aromatic carbocycles. The molecule has 0 spiro atoms. The van der Waals surface area contributed by atoms with Gasteiger partial charge in [0.05, 0.1) is 30.0 Å². The molecule has 1 fully saturated rings. The van der Waals surface area contributed by atoms with Crippen molar-refractivity contribution in [2.24, 2.45) is 0 Å². The van der Waals surface area contributed by atoms with Crippen LogP contribution < -0.4 is 15.0 Å². The van der Waals surface area contributed by atoms with E-state index in [9.17, 15) is 9.59 Å². The highest BCUT2D eigenvalue weighted by Gasteiger charge is 2.55. The van der Waals surface area contributed by atoms with Crippen molar-refractivity contribution in [1.29, 1.82) is 0 Å². The number of aryl methyl sites for hydroxylation is 1. The van der Waals surface area contributed by atoms with E-state index in [0.29, 0.717) is 29.5 Å². The molecule has 158 valence electrons. The molecule has 0 amide bonds. The van der Waals surface area contributed by atoms with Gasteiger partial charge in [0.25, 0.3) is 5.56 Å². The Balaban J connectivity index is 1.74. The first-order valence-electron chi connectivity index (χ1n) is 9.48. The minimum absolute atomic E-state index is 0.138. The lowest BCUT2D eigenvalue weighted by atomic mass is 10.1. The number of aromatic nitrogens is 2. The number of ether oxygens (including phenoxy) is 3. The molecule has 3 aromatic rings. The number of thiophene rings is 1. The summed E-state index contributed by atoms with van der Waals surface area (Å²) in [5.41, 5.74) is 0.462. The number of halogens is 1. The minimum Gasteiger partial charge on any atom is -0.496 e. The van der Waals surface area contributed by atoms with Crippen molar-refractivity contribution in [3.8, 4) is 11.8 Å². The zero-order chi connectivity index (χ0) is 21.5. The highest BCUT2D eigenvalue weighted by Crippen LogP contribution is 2.46. The van der Waals surface area contributed by atoms with Gasteiger partial charge in [-0.2, -0.15) is 4.98 Å². The molecule has 9 heteroatoms. The fourth-order valence-electron chi connectivity index (χ4n) is 3.60. The second-order valence-corrected chi connectivity index (χ2v) is 9.47. The van der Waals surface area contributed by atoms with Crippen LogP contribution in [0.15, 0.2) is 32.8 Å². The van der Waals surface area contributed by atoms with Gasteiger partial charge in [-0.05, 0) is 52.9 Å². The summed E-state index contributed by atoms with van der Waals surface area (Å²) in [4.78, 5) is 31.1. The number of carbonyl (C=O) groups is 1. The maximum absolute atomic E-state index is 13.4. The number of esters is 1. The molecule has 0 atom stereocenters. The van der Waals surface area contributed by atoms with E-state index in [1.807, 2.05) is 31.2 Å². The lowest BCUT2D eigenvalue weighted by Crippen LogP contribution is -2.38. The fourth-order valence-corrected chi connectivity index (χ4v) is 5.15. The average molecular weight is 493 g/mol. The molecule has 1 aliphatic rings. The monoisotopic (exact) mass is 492 g/mol. The van der Waals surface area contributed by atoms with Crippen molar-refractivity contribution in [2.75, 3.05) is 20.8 Å². The van der Waals surface area contributed by atoms with Crippen LogP contribution in [0.3, 0.4) is 0 Å². The SMILES string of the molecule is COC(=O)C1(n2c(OCCc3ccccc3OC)nc3sc(Br)c(C)c3c2=O)CC1. The predicted octanol–water partition coefficient (Wildman–Crippen LogP) is 3.82. The number of carbonyl (C=O) groups excluding carboxylic acids is 1. The lowest BCUT2D eigenvalue weighted by Gasteiger charge is -2.20. The highest BCUT2D eigenvalue weighted by molar-refractivity contribution is 9.11. The first-order valence-corrected chi connectivity index (χ1v) is 11.1. The van der Waals surface area contributed by atoms with E-state index < -0.39 is 11.5 Å². The topological polar surface area (TPSA) is 79.7 Å². The zero-order valence-electron chi connectivity index (χ0n) is 16.9. The number of nitrogens with zero attached hydrogens (tertiary/aromatic N) is 2. The van der Waals surface area contributed by atoms with Gasteiger partial charge in [-0.3, -0.25) is 4.79 Å². The Morgan fingerprint density at radius 3 is 2.70 bits per heavy atom. The van der Waals surface area contributed by atoms with Crippen molar-refractivity contribution in [3.05, 3.63) is 49.5 Å². The van der Waals surface area contributed by atoms with Gasteiger partial charge >= 0.3 is 12.0 Å². The summed E-state index contributed by atoms with van der Waals surface area (Å²) in [6, 6.07) is 7.82. The Labute approximate surface area is 185 Å². The van der Waals surface area contributed by atoms with E-state index in [1.165, 1.54) is 23.0 Å². The number of rotatable bonds is 7. The summed E-state index contributed by atoms with van der Waals surface area (Å²) in [6.07, 6.45) is 1.59. The Morgan fingerprint density at radius 2 is 2.03 bits per heavy atom. The molecule has 7 nitrogen and oxygen atoms in total. The second kappa shape index (κ2) is 8.03. The maximum atomic E-state index is 13.4. The summed E-state index contributed by atoms with van der Waals surface area (Å²) in [5.74, 6) is 0.320. The summed E-state index contributed by atoms with van der Waals surface area (Å²) in [5, 5.41) is 0.499. The van der Waals surface area contributed by atoms with E-state index >= 15 is 0 Å². The number of methoxy groups -OCH3 is 2. The maximum Gasteiger partial charge on any atom is 0.332 e. The van der Waals surface area contributed by atoms with Crippen LogP contribution in [0.4, 0.5) is 0 Å². The molecule has 0 saturated heterocycles. The molecule has 2 heterocycles. The normalized spacial score (nSPS) is 14.5. The van der Waals surface area contributed by atoms with Crippen LogP contribution in [0, 0.1) is 6.92 Å². The third kappa shape index (κ3) is 3.39. The van der Waals surface area contributed by atoms with Crippen LogP contribution in [0.1, 0.15) is 24.0 Å². The molecular weight excluding hydrogens is 472 g/mol. The number of para-hydroxylation sites is 1. The smallest absolute Gasteiger partial charge is 0.332 e. The molecule has 1 saturated carbocycles. The Hall–Kier alpha value is -2.39. The van der Waals surface area contributed by atoms with Crippen LogP contribution in [0.5, 0.6) is 11.8 Å². The standard InChI is InChI=1S/C21H21BrN2O5S/c1-12-15-17(30-16(12)22)23-20(24(18(15)25)21(9-10-21)19(26)28-3)29-11-8-13-6-4-5-7-14(13)27-2/h4-7H,8-11H2,1-3H3. The molecule has 2 aromatic heterocycles. The number of hydrogen-bond donors (Lipinski definition) is 0. The van der Waals surface area contributed by atoms with Gasteiger partial charge in [0.2, 0.25) is 0 Å². The first kappa shape index (κ1) is 20.9. The van der Waals surface area contributed by atoms with E-state index in [-0.39, 0.29) is 18.2 Å². The molecular formula is C21H21BrN2O5S. The molecule has 0 unspecified atom stereocenters. The average Bonchev–Trinajstić information content (AvgIpc) is 3.49. The second-order valence-electron chi connectivity index (χ2n) is 7.15. The highest BCUT2D eigenvalue weighted by atomic mass is 79.9. The molecule has 0 N–H and O–H groups in total. The fraction of sp³-hybridized carbons (Fsp3) is 0.381. The van der Waals surface area contributed by atoms with Crippen molar-refractivity contribution in [3.63, 3.8) is 0 Å². The first-order chi connectivity index (χ1) is 14.4. The molecule has 0 radical (unpaired) electrons. The molecule has 0 bridgehead atoms. The van der Waals surface area contributed by atoms with Crippen LogP contribution in [-0.4, -0.2) is 36.3 Å². The lowest BCUT2D eigenvalue weighted by molar-refractivity contribution is -0.146. The van der Waals surface area contributed by atoms with Gasteiger partial charge in [-0.15, -0.1) is 11.3 Å². The Kier molecular flexibility index (Phi) is 5.59. The van der Waals surface area contributed by atoms with Crippen LogP contribution >= 0.6 is 27.3 Å². The van der Waals surface area contributed by atoms with E-state index in [1.54, 1.807) is 7.11 Å². The van der Waals surface area contributed by atoms with E-state index in [2.05, 4.69) is 20.9 Å². The summed E-state index contributed by atoms with van der Waals surface area (Å²) in [6.45, 7) is 2.14. The van der Waals surface area contributed by atoms with Gasteiger partial charge in [0, 0.05) is 6.42 Å². The van der Waals surface area contributed by atoms with Crippen LogP contribution in [-0.2, 0) is 21.5 Å². The van der Waals surface area contributed by atoms with Crippen molar-refractivity contribution in [1.82, 2.24) is 9.55 Å². The number of fused-ring (bicyclic) bond motifs is 1. The van der Waals surface area contributed by atoms with Gasteiger partial charge in [0.15, 0.2) is 0 Å².